The molecule has 0 aliphatic heterocycles. The van der Waals surface area contributed by atoms with Crippen LogP contribution in [0.25, 0.3) is 0 Å². The molecule has 4 nitrogen and oxygen atoms in total. The number of hydrogen-bond acceptors (Lipinski definition) is 4. The van der Waals surface area contributed by atoms with Crippen LogP contribution in [0.4, 0.5) is 0 Å². The molecule has 2 fully saturated rings. The molecule has 0 amide bonds. The third kappa shape index (κ3) is 4.32. The zero-order valence-electron chi connectivity index (χ0n) is 17.4. The van der Waals surface area contributed by atoms with E-state index >= 15 is 0 Å². The minimum atomic E-state index is -0.492. The Morgan fingerprint density at radius 2 is 0.923 bits per heavy atom. The lowest BCUT2D eigenvalue weighted by Crippen LogP contribution is -2.48. The molecule has 148 valence electrons. The van der Waals surface area contributed by atoms with Gasteiger partial charge in [-0.05, 0) is 52.4 Å². The quantitative estimate of drug-likeness (QED) is 0.498. The molecule has 2 atom stereocenters. The lowest BCUT2D eigenvalue weighted by Gasteiger charge is -2.47. The van der Waals surface area contributed by atoms with Gasteiger partial charge in [0.05, 0.1) is 0 Å². The van der Waals surface area contributed by atoms with Crippen LogP contribution < -0.4 is 0 Å². The molecule has 0 bridgehead atoms. The summed E-state index contributed by atoms with van der Waals surface area (Å²) in [6.45, 7) is 12.6. The first kappa shape index (κ1) is 21.0. The van der Waals surface area contributed by atoms with Gasteiger partial charge in [0.15, 0.2) is 0 Å². The van der Waals surface area contributed by atoms with E-state index in [2.05, 4.69) is 27.7 Å². The minimum absolute atomic E-state index is 0.0607. The fourth-order valence-electron chi connectivity index (χ4n) is 4.29. The summed E-state index contributed by atoms with van der Waals surface area (Å²) >= 11 is 0. The average molecular weight is 365 g/mol. The molecule has 0 heterocycles. The smallest absolute Gasteiger partial charge is 0.331 e. The molecule has 0 spiro atoms. The Labute approximate surface area is 158 Å². The lowest BCUT2D eigenvalue weighted by atomic mass is 9.66. The maximum Gasteiger partial charge on any atom is 0.331 e. The third-order valence-electron chi connectivity index (χ3n) is 7.28. The molecular weight excluding hydrogens is 328 g/mol. The highest BCUT2D eigenvalue weighted by atomic mass is 16.6. The maximum absolute atomic E-state index is 12.3. The first-order chi connectivity index (χ1) is 11.9. The van der Waals surface area contributed by atoms with Crippen LogP contribution in [-0.4, -0.2) is 23.1 Å². The summed E-state index contributed by atoms with van der Waals surface area (Å²) in [5, 5.41) is 0. The predicted molar refractivity (Wildman–Crippen MR) is 103 cm³/mol. The summed E-state index contributed by atoms with van der Waals surface area (Å²) in [4.78, 5) is 24.6. The normalized spacial score (nSPS) is 33.6. The van der Waals surface area contributed by atoms with E-state index in [1.54, 1.807) is 0 Å². The Balaban J connectivity index is 1.96. The Hall–Kier alpha value is -1.32. The Morgan fingerprint density at radius 1 is 0.615 bits per heavy atom. The first-order valence-corrected chi connectivity index (χ1v) is 10.0. The Bertz CT molecular complexity index is 525. The topological polar surface area (TPSA) is 52.6 Å². The molecule has 26 heavy (non-hydrogen) atoms. The lowest BCUT2D eigenvalue weighted by molar-refractivity contribution is -0.174. The predicted octanol–water partition coefficient (Wildman–Crippen LogP) is 5.35. The number of hydrogen-bond donors (Lipinski definition) is 0. The van der Waals surface area contributed by atoms with Crippen molar-refractivity contribution in [3.8, 4) is 0 Å². The monoisotopic (exact) mass is 364 g/mol. The van der Waals surface area contributed by atoms with Crippen LogP contribution in [0, 0.1) is 10.8 Å². The summed E-state index contributed by atoms with van der Waals surface area (Å²) in [6.07, 6.45) is 10.7. The number of ether oxygens (including phenoxy) is 2. The SMILES string of the molecule is CC1(C)CCCCC1(C)OC(=O)/C=C/C(=O)OC1(C)CCCCC1(C)C. The van der Waals surface area contributed by atoms with Crippen molar-refractivity contribution in [2.24, 2.45) is 10.8 Å². The molecule has 0 saturated heterocycles. The summed E-state index contributed by atoms with van der Waals surface area (Å²) in [6, 6.07) is 0. The summed E-state index contributed by atoms with van der Waals surface area (Å²) in [5.74, 6) is -0.931. The van der Waals surface area contributed by atoms with Gasteiger partial charge in [-0.1, -0.05) is 40.5 Å². The van der Waals surface area contributed by atoms with Gasteiger partial charge in [-0.2, -0.15) is 0 Å². The first-order valence-electron chi connectivity index (χ1n) is 10.0. The van der Waals surface area contributed by atoms with Gasteiger partial charge in [-0.3, -0.25) is 0 Å². The van der Waals surface area contributed by atoms with Crippen LogP contribution >= 0.6 is 0 Å². The molecule has 0 aromatic rings. The van der Waals surface area contributed by atoms with Crippen LogP contribution in [0.15, 0.2) is 12.2 Å². The van der Waals surface area contributed by atoms with Gasteiger partial charge in [0.25, 0.3) is 0 Å². The van der Waals surface area contributed by atoms with Crippen molar-refractivity contribution in [1.29, 1.82) is 0 Å². The fourth-order valence-corrected chi connectivity index (χ4v) is 4.29. The second kappa shape index (κ2) is 7.36. The second-order valence-corrected chi connectivity index (χ2v) is 9.82. The van der Waals surface area contributed by atoms with E-state index in [1.165, 1.54) is 12.2 Å². The van der Waals surface area contributed by atoms with E-state index in [0.717, 1.165) is 51.4 Å². The van der Waals surface area contributed by atoms with Crippen LogP contribution in [0.5, 0.6) is 0 Å². The summed E-state index contributed by atoms with van der Waals surface area (Å²) in [7, 11) is 0. The van der Waals surface area contributed by atoms with Crippen LogP contribution in [-0.2, 0) is 19.1 Å². The van der Waals surface area contributed by atoms with Crippen molar-refractivity contribution < 1.29 is 19.1 Å². The molecule has 0 aromatic carbocycles. The number of carbonyl (C=O) groups excluding carboxylic acids is 2. The molecule has 0 N–H and O–H groups in total. The molecule has 2 unspecified atom stereocenters. The highest BCUT2D eigenvalue weighted by Crippen LogP contribution is 2.47. The van der Waals surface area contributed by atoms with Crippen molar-refractivity contribution in [2.75, 3.05) is 0 Å². The Kier molecular flexibility index (Phi) is 5.94. The van der Waals surface area contributed by atoms with E-state index in [4.69, 9.17) is 9.47 Å². The molecule has 2 aliphatic rings. The zero-order chi connectivity index (χ0) is 19.6. The third-order valence-corrected chi connectivity index (χ3v) is 7.28. The van der Waals surface area contributed by atoms with Gasteiger partial charge in [-0.15, -0.1) is 0 Å². The highest BCUT2D eigenvalue weighted by Gasteiger charge is 2.47. The number of rotatable bonds is 4. The summed E-state index contributed by atoms with van der Waals surface area (Å²) < 4.78 is 11.5. The molecule has 0 aromatic heterocycles. The van der Waals surface area contributed by atoms with Crippen molar-refractivity contribution in [3.63, 3.8) is 0 Å². The van der Waals surface area contributed by atoms with Gasteiger partial charge in [-0.25, -0.2) is 9.59 Å². The molecule has 2 rings (SSSR count). The number of carbonyl (C=O) groups is 2. The van der Waals surface area contributed by atoms with Gasteiger partial charge >= 0.3 is 11.9 Å². The second-order valence-electron chi connectivity index (χ2n) is 9.82. The van der Waals surface area contributed by atoms with Gasteiger partial charge in [0.1, 0.15) is 11.2 Å². The molecule has 0 radical (unpaired) electrons. The van der Waals surface area contributed by atoms with Crippen molar-refractivity contribution >= 4 is 11.9 Å². The molecule has 4 heteroatoms. The van der Waals surface area contributed by atoms with Crippen LogP contribution in [0.1, 0.15) is 92.9 Å². The van der Waals surface area contributed by atoms with E-state index in [-0.39, 0.29) is 10.8 Å². The molecular formula is C22H36O4. The van der Waals surface area contributed by atoms with E-state index in [1.807, 2.05) is 13.8 Å². The maximum atomic E-state index is 12.3. The zero-order valence-corrected chi connectivity index (χ0v) is 17.4. The highest BCUT2D eigenvalue weighted by molar-refractivity contribution is 5.92. The van der Waals surface area contributed by atoms with E-state index in [0.29, 0.717) is 0 Å². The van der Waals surface area contributed by atoms with Gasteiger partial charge < -0.3 is 9.47 Å². The molecule has 2 aliphatic carbocycles. The van der Waals surface area contributed by atoms with Gasteiger partial charge in [0, 0.05) is 23.0 Å². The number of esters is 2. The van der Waals surface area contributed by atoms with Crippen LogP contribution in [0.3, 0.4) is 0 Å². The van der Waals surface area contributed by atoms with Gasteiger partial charge in [0.2, 0.25) is 0 Å². The molecule has 2 saturated carbocycles. The average Bonchev–Trinajstić information content (AvgIpc) is 2.51. The standard InChI is InChI=1S/C22H36O4/c1-19(2)13-7-9-15-21(19,5)25-17(23)11-12-18(24)26-22(6)16-10-8-14-20(22,3)4/h11-12H,7-10,13-16H2,1-6H3/b12-11+. The van der Waals surface area contributed by atoms with E-state index < -0.39 is 23.1 Å². The Morgan fingerprint density at radius 3 is 1.23 bits per heavy atom. The largest absolute Gasteiger partial charge is 0.456 e. The van der Waals surface area contributed by atoms with Crippen LogP contribution in [0.2, 0.25) is 0 Å². The minimum Gasteiger partial charge on any atom is -0.456 e. The van der Waals surface area contributed by atoms with Crippen molar-refractivity contribution in [1.82, 2.24) is 0 Å². The van der Waals surface area contributed by atoms with E-state index in [9.17, 15) is 9.59 Å². The summed E-state index contributed by atoms with van der Waals surface area (Å²) in [5.41, 5.74) is -1.11. The van der Waals surface area contributed by atoms with Crippen molar-refractivity contribution in [3.05, 3.63) is 12.2 Å². The van der Waals surface area contributed by atoms with Crippen molar-refractivity contribution in [2.45, 2.75) is 104 Å². The fraction of sp³-hybridized carbons (Fsp3) is 0.818.